The molecule has 2 aromatic rings. The fourth-order valence-corrected chi connectivity index (χ4v) is 1.63. The first-order valence-electron chi connectivity index (χ1n) is 5.63. The highest BCUT2D eigenvalue weighted by atomic mass is 19.1. The highest BCUT2D eigenvalue weighted by molar-refractivity contribution is 5.37. The minimum Gasteiger partial charge on any atom is -0.363 e. The van der Waals surface area contributed by atoms with Gasteiger partial charge in [-0.25, -0.2) is 9.37 Å². The highest BCUT2D eigenvalue weighted by Gasteiger charge is 2.08. The molecule has 0 amide bonds. The smallest absolute Gasteiger partial charge is 0.252 e. The minimum atomic E-state index is -0.236. The average molecular weight is 247 g/mol. The van der Waals surface area contributed by atoms with Gasteiger partial charge >= 0.3 is 0 Å². The van der Waals surface area contributed by atoms with Crippen LogP contribution in [0.1, 0.15) is 24.1 Å². The molecule has 1 aromatic heterocycles. The first-order chi connectivity index (χ1) is 8.56. The molecule has 0 bridgehead atoms. The largest absolute Gasteiger partial charge is 0.363 e. The normalized spacial score (nSPS) is 12.2. The first kappa shape index (κ1) is 12.3. The van der Waals surface area contributed by atoms with Gasteiger partial charge in [0.25, 0.3) is 5.56 Å². The van der Waals surface area contributed by atoms with E-state index in [0.29, 0.717) is 11.4 Å². The lowest BCUT2D eigenvalue weighted by molar-refractivity contribution is 0.614. The van der Waals surface area contributed by atoms with Crippen LogP contribution in [0.3, 0.4) is 0 Å². The summed E-state index contributed by atoms with van der Waals surface area (Å²) in [6.45, 7) is 3.60. The Hall–Kier alpha value is -2.17. The maximum atomic E-state index is 13.4. The second kappa shape index (κ2) is 5.00. The number of rotatable bonds is 3. The van der Waals surface area contributed by atoms with Crippen molar-refractivity contribution in [3.8, 4) is 0 Å². The summed E-state index contributed by atoms with van der Waals surface area (Å²) in [5, 5.41) is 3.05. The number of aromatic nitrogens is 2. The van der Waals surface area contributed by atoms with Crippen molar-refractivity contribution < 1.29 is 4.39 Å². The topological polar surface area (TPSA) is 57.8 Å². The predicted molar refractivity (Wildman–Crippen MR) is 68.0 cm³/mol. The van der Waals surface area contributed by atoms with E-state index in [2.05, 4.69) is 15.3 Å². The van der Waals surface area contributed by atoms with Crippen molar-refractivity contribution in [2.75, 3.05) is 5.32 Å². The van der Waals surface area contributed by atoms with Crippen molar-refractivity contribution in [2.24, 2.45) is 0 Å². The van der Waals surface area contributed by atoms with Crippen LogP contribution in [0.15, 0.2) is 35.4 Å². The molecular formula is C13H14FN3O. The molecule has 0 aliphatic rings. The molecule has 1 unspecified atom stereocenters. The van der Waals surface area contributed by atoms with E-state index in [1.54, 1.807) is 13.0 Å². The minimum absolute atomic E-state index is 0.130. The summed E-state index contributed by atoms with van der Waals surface area (Å²) in [7, 11) is 0. The maximum Gasteiger partial charge on any atom is 0.252 e. The Labute approximate surface area is 104 Å². The standard InChI is InChI=1S/C13H14FN3O/c1-8-3-4-10(5-11(8)14)9(2)17-12-6-13(18)16-7-15-12/h3-7,9H,1-2H3,(H2,15,16,17,18). The summed E-state index contributed by atoms with van der Waals surface area (Å²) >= 11 is 0. The molecule has 1 aromatic carbocycles. The Morgan fingerprint density at radius 3 is 2.83 bits per heavy atom. The summed E-state index contributed by atoms with van der Waals surface area (Å²) in [6, 6.07) is 6.30. The summed E-state index contributed by atoms with van der Waals surface area (Å²) in [4.78, 5) is 17.5. The van der Waals surface area contributed by atoms with Crippen LogP contribution in [0.25, 0.3) is 0 Å². The van der Waals surface area contributed by atoms with E-state index in [-0.39, 0.29) is 17.4 Å². The van der Waals surface area contributed by atoms with E-state index in [1.807, 2.05) is 13.0 Å². The molecule has 0 radical (unpaired) electrons. The average Bonchev–Trinajstić information content (AvgIpc) is 2.32. The van der Waals surface area contributed by atoms with Crippen molar-refractivity contribution in [1.29, 1.82) is 0 Å². The van der Waals surface area contributed by atoms with Crippen molar-refractivity contribution in [1.82, 2.24) is 9.97 Å². The van der Waals surface area contributed by atoms with Gasteiger partial charge in [-0.15, -0.1) is 0 Å². The molecular weight excluding hydrogens is 233 g/mol. The van der Waals surface area contributed by atoms with Crippen LogP contribution in [0, 0.1) is 12.7 Å². The Bertz CT molecular complexity index is 609. The predicted octanol–water partition coefficient (Wildman–Crippen LogP) is 2.39. The van der Waals surface area contributed by atoms with E-state index in [9.17, 15) is 9.18 Å². The van der Waals surface area contributed by atoms with Gasteiger partial charge in [0.2, 0.25) is 0 Å². The molecule has 0 aliphatic heterocycles. The lowest BCUT2D eigenvalue weighted by Gasteiger charge is -2.15. The van der Waals surface area contributed by atoms with Crippen LogP contribution in [-0.4, -0.2) is 9.97 Å². The molecule has 0 fully saturated rings. The van der Waals surface area contributed by atoms with Crippen molar-refractivity contribution >= 4 is 5.82 Å². The number of hydrogen-bond donors (Lipinski definition) is 2. The highest BCUT2D eigenvalue weighted by Crippen LogP contribution is 2.19. The van der Waals surface area contributed by atoms with Crippen molar-refractivity contribution in [3.63, 3.8) is 0 Å². The molecule has 2 N–H and O–H groups in total. The lowest BCUT2D eigenvalue weighted by Crippen LogP contribution is -2.12. The van der Waals surface area contributed by atoms with E-state index in [4.69, 9.17) is 0 Å². The van der Waals surface area contributed by atoms with Gasteiger partial charge in [0.15, 0.2) is 0 Å². The summed E-state index contributed by atoms with van der Waals surface area (Å²) in [5.74, 6) is 0.229. The number of aromatic amines is 1. The van der Waals surface area contributed by atoms with Gasteiger partial charge in [-0.3, -0.25) is 4.79 Å². The van der Waals surface area contributed by atoms with Crippen LogP contribution in [0.4, 0.5) is 10.2 Å². The first-order valence-corrected chi connectivity index (χ1v) is 5.63. The third-order valence-electron chi connectivity index (χ3n) is 2.74. The maximum absolute atomic E-state index is 13.4. The zero-order chi connectivity index (χ0) is 13.1. The number of benzene rings is 1. The van der Waals surface area contributed by atoms with Crippen LogP contribution in [0.2, 0.25) is 0 Å². The number of aryl methyl sites for hydroxylation is 1. The number of halogens is 1. The van der Waals surface area contributed by atoms with E-state index < -0.39 is 0 Å². The van der Waals surface area contributed by atoms with Crippen molar-refractivity contribution in [2.45, 2.75) is 19.9 Å². The molecule has 2 rings (SSSR count). The Kier molecular flexibility index (Phi) is 3.41. The zero-order valence-electron chi connectivity index (χ0n) is 10.2. The molecule has 18 heavy (non-hydrogen) atoms. The van der Waals surface area contributed by atoms with Crippen molar-refractivity contribution in [3.05, 3.63) is 57.9 Å². The Morgan fingerprint density at radius 2 is 2.17 bits per heavy atom. The molecule has 1 heterocycles. The van der Waals surface area contributed by atoms with Gasteiger partial charge < -0.3 is 10.3 Å². The lowest BCUT2D eigenvalue weighted by atomic mass is 10.1. The molecule has 0 saturated carbocycles. The second-order valence-corrected chi connectivity index (χ2v) is 4.17. The van der Waals surface area contributed by atoms with Gasteiger partial charge in [-0.05, 0) is 31.0 Å². The quantitative estimate of drug-likeness (QED) is 0.875. The van der Waals surface area contributed by atoms with Crippen LogP contribution >= 0.6 is 0 Å². The number of H-pyrrole nitrogens is 1. The van der Waals surface area contributed by atoms with Gasteiger partial charge in [-0.1, -0.05) is 12.1 Å². The summed E-state index contributed by atoms with van der Waals surface area (Å²) in [6.07, 6.45) is 1.33. The molecule has 5 heteroatoms. The fourth-order valence-electron chi connectivity index (χ4n) is 1.63. The molecule has 1 atom stereocenters. The van der Waals surface area contributed by atoms with E-state index in [1.165, 1.54) is 18.5 Å². The number of nitrogens with zero attached hydrogens (tertiary/aromatic N) is 1. The molecule has 0 aliphatic carbocycles. The number of anilines is 1. The Balaban J connectivity index is 2.19. The molecule has 94 valence electrons. The summed E-state index contributed by atoms with van der Waals surface area (Å²) < 4.78 is 13.4. The third kappa shape index (κ3) is 2.74. The number of nitrogens with one attached hydrogen (secondary N) is 2. The number of hydrogen-bond acceptors (Lipinski definition) is 3. The monoisotopic (exact) mass is 247 g/mol. The molecule has 0 spiro atoms. The third-order valence-corrected chi connectivity index (χ3v) is 2.74. The molecule has 4 nitrogen and oxygen atoms in total. The van der Waals surface area contributed by atoms with E-state index in [0.717, 1.165) is 5.56 Å². The van der Waals surface area contributed by atoms with Gasteiger partial charge in [0.05, 0.1) is 12.4 Å². The molecule has 0 saturated heterocycles. The van der Waals surface area contributed by atoms with Crippen LogP contribution < -0.4 is 10.9 Å². The zero-order valence-corrected chi connectivity index (χ0v) is 10.2. The second-order valence-electron chi connectivity index (χ2n) is 4.17. The van der Waals surface area contributed by atoms with Crippen LogP contribution in [-0.2, 0) is 0 Å². The van der Waals surface area contributed by atoms with Gasteiger partial charge in [-0.2, -0.15) is 0 Å². The SMILES string of the molecule is Cc1ccc(C(C)Nc2cc(=O)[nH]cn2)cc1F. The Morgan fingerprint density at radius 1 is 1.39 bits per heavy atom. The fraction of sp³-hybridized carbons (Fsp3) is 0.231. The van der Waals surface area contributed by atoms with Gasteiger partial charge in [0.1, 0.15) is 11.6 Å². The van der Waals surface area contributed by atoms with Gasteiger partial charge in [0, 0.05) is 6.07 Å². The van der Waals surface area contributed by atoms with Crippen LogP contribution in [0.5, 0.6) is 0 Å². The summed E-state index contributed by atoms with van der Waals surface area (Å²) in [5.41, 5.74) is 1.19. The van der Waals surface area contributed by atoms with E-state index >= 15 is 0 Å².